The van der Waals surface area contributed by atoms with Gasteiger partial charge in [0.1, 0.15) is 18.1 Å². The highest BCUT2D eigenvalue weighted by atomic mass is 16.4. The molecular weight excluding hydrogens is 444 g/mol. The van der Waals surface area contributed by atoms with Crippen molar-refractivity contribution in [2.24, 2.45) is 5.73 Å². The van der Waals surface area contributed by atoms with Crippen molar-refractivity contribution in [3.63, 3.8) is 0 Å². The zero-order valence-electron chi connectivity index (χ0n) is 17.4. The first-order chi connectivity index (χ1) is 15.5. The third kappa shape index (κ3) is 10.2. The van der Waals surface area contributed by atoms with Crippen LogP contribution in [0.1, 0.15) is 31.4 Å². The zero-order chi connectivity index (χ0) is 25.0. The Hall–Kier alpha value is -4.01. The Kier molecular flexibility index (Phi) is 11.0. The summed E-state index contributed by atoms with van der Waals surface area (Å²) in [4.78, 5) is 76.7. The Balaban J connectivity index is 2.99. The molecule has 9 N–H and O–H groups in total. The zero-order valence-corrected chi connectivity index (χ0v) is 17.4. The Morgan fingerprint density at radius 2 is 1.42 bits per heavy atom. The van der Waals surface area contributed by atoms with Gasteiger partial charge in [-0.25, -0.2) is 9.78 Å². The van der Waals surface area contributed by atoms with Crippen molar-refractivity contribution in [2.45, 2.75) is 50.2 Å². The van der Waals surface area contributed by atoms with Crippen molar-refractivity contribution in [1.82, 2.24) is 25.9 Å². The number of carboxylic acid groups (broad SMARTS) is 3. The van der Waals surface area contributed by atoms with Gasteiger partial charge >= 0.3 is 17.9 Å². The van der Waals surface area contributed by atoms with Gasteiger partial charge in [-0.2, -0.15) is 0 Å². The van der Waals surface area contributed by atoms with E-state index in [1.807, 2.05) is 0 Å². The van der Waals surface area contributed by atoms with Gasteiger partial charge in [-0.15, -0.1) is 0 Å². The minimum Gasteiger partial charge on any atom is -0.481 e. The van der Waals surface area contributed by atoms with E-state index in [-0.39, 0.29) is 12.8 Å². The molecule has 0 aromatic carbocycles. The number of carboxylic acids is 3. The average Bonchev–Trinajstić information content (AvgIpc) is 3.25. The molecule has 0 spiro atoms. The first-order valence-corrected chi connectivity index (χ1v) is 9.77. The van der Waals surface area contributed by atoms with Gasteiger partial charge in [-0.3, -0.25) is 24.0 Å². The summed E-state index contributed by atoms with van der Waals surface area (Å²) < 4.78 is 0. The van der Waals surface area contributed by atoms with E-state index in [0.717, 1.165) is 0 Å². The number of carbonyl (C=O) groups excluding carboxylic acids is 3. The molecule has 33 heavy (non-hydrogen) atoms. The van der Waals surface area contributed by atoms with Gasteiger partial charge in [-0.05, 0) is 12.8 Å². The van der Waals surface area contributed by atoms with E-state index in [4.69, 9.17) is 15.9 Å². The molecule has 0 radical (unpaired) electrons. The van der Waals surface area contributed by atoms with Crippen LogP contribution in [0.3, 0.4) is 0 Å². The fourth-order valence-corrected chi connectivity index (χ4v) is 2.69. The Labute approximate surface area is 187 Å². The molecule has 15 heteroatoms. The molecule has 0 bridgehead atoms. The Morgan fingerprint density at radius 1 is 0.879 bits per heavy atom. The summed E-state index contributed by atoms with van der Waals surface area (Å²) in [6.45, 7) is -0.417. The van der Waals surface area contributed by atoms with E-state index >= 15 is 0 Å². The predicted octanol–water partition coefficient (Wildman–Crippen LogP) is -2.82. The molecular formula is C18H26N6O9. The van der Waals surface area contributed by atoms with Crippen molar-refractivity contribution < 1.29 is 44.1 Å². The maximum atomic E-state index is 12.8. The van der Waals surface area contributed by atoms with Gasteiger partial charge in [0.05, 0.1) is 12.9 Å². The first-order valence-electron chi connectivity index (χ1n) is 9.77. The van der Waals surface area contributed by atoms with Crippen LogP contribution in [0.15, 0.2) is 12.5 Å². The van der Waals surface area contributed by atoms with E-state index in [9.17, 15) is 33.9 Å². The van der Waals surface area contributed by atoms with Gasteiger partial charge < -0.3 is 42.0 Å². The van der Waals surface area contributed by atoms with Crippen LogP contribution in [0.25, 0.3) is 0 Å². The Morgan fingerprint density at radius 3 is 1.91 bits per heavy atom. The number of carbonyl (C=O) groups is 6. The standard InChI is InChI=1S/C18H26N6O9/c19-6-13(25)22-12(5-9-7-20-8-21-9)17(31)23-10(1-3-14(26)27)16(30)24-11(18(32)33)2-4-15(28)29/h7-8,10-12H,1-6,19H2,(H,20,21)(H,22,25)(H,23,31)(H,24,30)(H,26,27)(H,28,29)(H,32,33). The molecule has 3 amide bonds. The smallest absolute Gasteiger partial charge is 0.326 e. The minimum absolute atomic E-state index is 0.0544. The number of aromatic nitrogens is 2. The fourth-order valence-electron chi connectivity index (χ4n) is 2.69. The number of H-pyrrole nitrogens is 1. The number of aromatic amines is 1. The Bertz CT molecular complexity index is 858. The van der Waals surface area contributed by atoms with Crippen molar-refractivity contribution in [3.8, 4) is 0 Å². The number of nitrogens with one attached hydrogen (secondary N) is 4. The maximum absolute atomic E-state index is 12.8. The van der Waals surface area contributed by atoms with E-state index < -0.39 is 79.6 Å². The quantitative estimate of drug-likeness (QED) is 0.130. The second kappa shape index (κ2) is 13.4. The third-order valence-electron chi connectivity index (χ3n) is 4.36. The molecule has 0 fully saturated rings. The second-order valence-corrected chi connectivity index (χ2v) is 6.93. The molecule has 1 aromatic heterocycles. The highest BCUT2D eigenvalue weighted by molar-refractivity contribution is 5.94. The summed E-state index contributed by atoms with van der Waals surface area (Å²) in [6.07, 6.45) is 0.809. The van der Waals surface area contributed by atoms with Gasteiger partial charge in [0.25, 0.3) is 0 Å². The monoisotopic (exact) mass is 470 g/mol. The lowest BCUT2D eigenvalue weighted by molar-refractivity contribution is -0.144. The van der Waals surface area contributed by atoms with E-state index in [1.54, 1.807) is 0 Å². The summed E-state index contributed by atoms with van der Waals surface area (Å²) >= 11 is 0. The van der Waals surface area contributed by atoms with Crippen LogP contribution >= 0.6 is 0 Å². The average molecular weight is 470 g/mol. The SMILES string of the molecule is NCC(=O)NC(Cc1cnc[nH]1)C(=O)NC(CCC(=O)O)C(=O)NC(CCC(=O)O)C(=O)O. The summed E-state index contributed by atoms with van der Waals surface area (Å²) in [5, 5.41) is 33.7. The van der Waals surface area contributed by atoms with Gasteiger partial charge in [0.15, 0.2) is 0 Å². The summed E-state index contributed by atoms with van der Waals surface area (Å²) in [5.41, 5.74) is 5.74. The minimum atomic E-state index is -1.57. The molecule has 1 rings (SSSR count). The topological polar surface area (TPSA) is 254 Å². The molecule has 3 atom stereocenters. The van der Waals surface area contributed by atoms with Crippen LogP contribution in [0.5, 0.6) is 0 Å². The lowest BCUT2D eigenvalue weighted by atomic mass is 10.1. The number of amides is 3. The van der Waals surface area contributed by atoms with Gasteiger partial charge in [0, 0.05) is 31.2 Å². The molecule has 1 heterocycles. The third-order valence-corrected chi connectivity index (χ3v) is 4.36. The molecule has 182 valence electrons. The van der Waals surface area contributed by atoms with Crippen molar-refractivity contribution in [3.05, 3.63) is 18.2 Å². The first kappa shape index (κ1) is 27.0. The van der Waals surface area contributed by atoms with E-state index in [0.29, 0.717) is 5.69 Å². The number of rotatable bonds is 15. The number of nitrogens with two attached hydrogens (primary N) is 1. The molecule has 0 aliphatic carbocycles. The summed E-state index contributed by atoms with van der Waals surface area (Å²) in [5.74, 6) is -6.58. The van der Waals surface area contributed by atoms with Crippen molar-refractivity contribution in [2.75, 3.05) is 6.54 Å². The molecule has 3 unspecified atom stereocenters. The van der Waals surface area contributed by atoms with Gasteiger partial charge in [0.2, 0.25) is 17.7 Å². The largest absolute Gasteiger partial charge is 0.481 e. The lowest BCUT2D eigenvalue weighted by Crippen LogP contribution is -2.56. The van der Waals surface area contributed by atoms with Gasteiger partial charge in [-0.1, -0.05) is 0 Å². The highest BCUT2D eigenvalue weighted by Gasteiger charge is 2.30. The molecule has 0 aliphatic heterocycles. The lowest BCUT2D eigenvalue weighted by Gasteiger charge is -2.24. The molecule has 0 saturated carbocycles. The van der Waals surface area contributed by atoms with Crippen LogP contribution in [0, 0.1) is 0 Å². The maximum Gasteiger partial charge on any atom is 0.326 e. The van der Waals surface area contributed by atoms with E-state index in [1.165, 1.54) is 12.5 Å². The molecule has 1 aromatic rings. The van der Waals surface area contributed by atoms with Crippen LogP contribution in [-0.4, -0.2) is 85.6 Å². The molecule has 0 saturated heterocycles. The summed E-state index contributed by atoms with van der Waals surface area (Å²) in [7, 11) is 0. The highest BCUT2D eigenvalue weighted by Crippen LogP contribution is 2.05. The number of hydrogen-bond donors (Lipinski definition) is 8. The fraction of sp³-hybridized carbons (Fsp3) is 0.500. The van der Waals surface area contributed by atoms with Crippen molar-refractivity contribution in [1.29, 1.82) is 0 Å². The van der Waals surface area contributed by atoms with E-state index in [2.05, 4.69) is 25.9 Å². The summed E-state index contributed by atoms with van der Waals surface area (Å²) in [6, 6.07) is -4.25. The predicted molar refractivity (Wildman–Crippen MR) is 109 cm³/mol. The number of hydrogen-bond acceptors (Lipinski definition) is 8. The molecule has 15 nitrogen and oxygen atoms in total. The van der Waals surface area contributed by atoms with Crippen LogP contribution in [-0.2, 0) is 35.2 Å². The number of imidazole rings is 1. The molecule has 0 aliphatic rings. The van der Waals surface area contributed by atoms with Crippen molar-refractivity contribution >= 4 is 35.6 Å². The second-order valence-electron chi connectivity index (χ2n) is 6.93. The number of aliphatic carboxylic acids is 3. The van der Waals surface area contributed by atoms with Crippen LogP contribution in [0.2, 0.25) is 0 Å². The van der Waals surface area contributed by atoms with Crippen LogP contribution < -0.4 is 21.7 Å². The number of nitrogens with zero attached hydrogens (tertiary/aromatic N) is 1. The van der Waals surface area contributed by atoms with Crippen LogP contribution in [0.4, 0.5) is 0 Å². The normalized spacial score (nSPS) is 13.2.